The standard InChI is InChI=1S/C9H18.C4H10.C3H8.C2H4/c1-8(2)9-6-4-3-5-7-9;1-4(2)3;1-3-2;1-2/h8-9H,3-7H2,1-2H3;4H,1-3H3;3H2,1-2H3;1-2H2. The lowest BCUT2D eigenvalue weighted by molar-refractivity contribution is 0.279. The maximum absolute atomic E-state index is 3.00. The first-order valence-electron chi connectivity index (χ1n) is 7.95. The molecule has 0 amide bonds. The molecule has 18 heavy (non-hydrogen) atoms. The van der Waals surface area contributed by atoms with E-state index in [1.165, 1.54) is 38.5 Å². The summed E-state index contributed by atoms with van der Waals surface area (Å²) < 4.78 is 0. The van der Waals surface area contributed by atoms with Crippen LogP contribution in [-0.2, 0) is 0 Å². The Hall–Kier alpha value is -0.260. The highest BCUT2D eigenvalue weighted by Crippen LogP contribution is 2.29. The molecule has 0 aromatic rings. The van der Waals surface area contributed by atoms with Gasteiger partial charge in [-0.25, -0.2) is 0 Å². The van der Waals surface area contributed by atoms with Gasteiger partial charge in [-0.2, -0.15) is 0 Å². The van der Waals surface area contributed by atoms with Crippen molar-refractivity contribution in [3.05, 3.63) is 13.2 Å². The maximum Gasteiger partial charge on any atom is -0.0391 e. The molecule has 112 valence electrons. The molecule has 1 saturated carbocycles. The summed E-state index contributed by atoms with van der Waals surface area (Å²) in [7, 11) is 0. The van der Waals surface area contributed by atoms with E-state index in [-0.39, 0.29) is 0 Å². The average Bonchev–Trinajstić information content (AvgIpc) is 2.33. The van der Waals surface area contributed by atoms with Crippen molar-refractivity contribution in [1.82, 2.24) is 0 Å². The zero-order valence-corrected chi connectivity index (χ0v) is 14.4. The Balaban J connectivity index is -0.000000212. The molecule has 1 rings (SSSR count). The van der Waals surface area contributed by atoms with E-state index in [1.807, 2.05) is 0 Å². The van der Waals surface area contributed by atoms with Gasteiger partial charge in [0.25, 0.3) is 0 Å². The van der Waals surface area contributed by atoms with Crippen LogP contribution in [0.5, 0.6) is 0 Å². The highest BCUT2D eigenvalue weighted by molar-refractivity contribution is 4.67. The van der Waals surface area contributed by atoms with Crippen LogP contribution in [0.2, 0.25) is 0 Å². The fourth-order valence-corrected chi connectivity index (χ4v) is 1.80. The summed E-state index contributed by atoms with van der Waals surface area (Å²) >= 11 is 0. The van der Waals surface area contributed by atoms with Crippen molar-refractivity contribution in [2.75, 3.05) is 0 Å². The van der Waals surface area contributed by atoms with Crippen LogP contribution in [0, 0.1) is 17.8 Å². The number of hydrogen-bond donors (Lipinski definition) is 0. The Bertz CT molecular complexity index is 115. The third-order valence-corrected chi connectivity index (χ3v) is 2.59. The summed E-state index contributed by atoms with van der Waals surface area (Å²) in [6.45, 7) is 21.5. The molecule has 0 radical (unpaired) electrons. The van der Waals surface area contributed by atoms with E-state index < -0.39 is 0 Å². The van der Waals surface area contributed by atoms with E-state index in [9.17, 15) is 0 Å². The predicted octanol–water partition coefficient (Wildman–Crippen LogP) is 7.10. The van der Waals surface area contributed by atoms with Gasteiger partial charge in [-0.15, -0.1) is 13.2 Å². The van der Waals surface area contributed by atoms with Crippen LogP contribution >= 0.6 is 0 Å². The van der Waals surface area contributed by atoms with Gasteiger partial charge in [0.1, 0.15) is 0 Å². The Morgan fingerprint density at radius 3 is 1.28 bits per heavy atom. The molecule has 0 aliphatic heterocycles. The fourth-order valence-electron chi connectivity index (χ4n) is 1.80. The quantitative estimate of drug-likeness (QED) is 0.439. The lowest BCUT2D eigenvalue weighted by Gasteiger charge is -2.24. The minimum atomic E-state index is 0.833. The molecule has 0 heterocycles. The Kier molecular flexibility index (Phi) is 24.3. The highest BCUT2D eigenvalue weighted by Gasteiger charge is 2.15. The molecule has 0 atom stereocenters. The van der Waals surface area contributed by atoms with Crippen molar-refractivity contribution >= 4 is 0 Å². The van der Waals surface area contributed by atoms with Gasteiger partial charge in [-0.3, -0.25) is 0 Å². The summed E-state index contributed by atoms with van der Waals surface area (Å²) in [6.07, 6.45) is 8.71. The monoisotopic (exact) mass is 256 g/mol. The van der Waals surface area contributed by atoms with Crippen LogP contribution in [0.25, 0.3) is 0 Å². The summed E-state index contributed by atoms with van der Waals surface area (Å²) in [5.74, 6) is 2.82. The maximum atomic E-state index is 3.00. The second-order valence-electron chi connectivity index (χ2n) is 6.08. The van der Waals surface area contributed by atoms with Crippen molar-refractivity contribution in [1.29, 1.82) is 0 Å². The molecule has 0 saturated heterocycles. The van der Waals surface area contributed by atoms with Gasteiger partial charge in [0.05, 0.1) is 0 Å². The lowest BCUT2D eigenvalue weighted by Crippen LogP contribution is -2.12. The normalized spacial score (nSPS) is 14.7. The molecule has 0 unspecified atom stereocenters. The first-order valence-corrected chi connectivity index (χ1v) is 7.95. The molecule has 1 fully saturated rings. The van der Waals surface area contributed by atoms with E-state index in [2.05, 4.69) is 61.6 Å². The molecule has 0 bridgehead atoms. The zero-order valence-electron chi connectivity index (χ0n) is 14.4. The minimum absolute atomic E-state index is 0.833. The van der Waals surface area contributed by atoms with Crippen molar-refractivity contribution in [3.63, 3.8) is 0 Å². The topological polar surface area (TPSA) is 0 Å². The molecular formula is C18H40. The van der Waals surface area contributed by atoms with Crippen LogP contribution in [0.1, 0.15) is 87.0 Å². The Labute approximate surface area is 118 Å². The first-order chi connectivity index (χ1) is 8.45. The molecule has 0 heteroatoms. The van der Waals surface area contributed by atoms with Gasteiger partial charge in [0, 0.05) is 0 Å². The highest BCUT2D eigenvalue weighted by atomic mass is 14.2. The molecule has 0 spiro atoms. The van der Waals surface area contributed by atoms with Gasteiger partial charge in [-0.05, 0) is 17.8 Å². The molecule has 0 aromatic carbocycles. The van der Waals surface area contributed by atoms with Crippen molar-refractivity contribution < 1.29 is 0 Å². The van der Waals surface area contributed by atoms with Gasteiger partial charge in [-0.1, -0.05) is 87.0 Å². The number of rotatable bonds is 1. The average molecular weight is 257 g/mol. The second-order valence-corrected chi connectivity index (χ2v) is 6.08. The van der Waals surface area contributed by atoms with E-state index in [0.29, 0.717) is 0 Å². The van der Waals surface area contributed by atoms with Crippen molar-refractivity contribution in [2.45, 2.75) is 87.0 Å². The zero-order chi connectivity index (χ0) is 15.0. The van der Waals surface area contributed by atoms with Gasteiger partial charge in [0.2, 0.25) is 0 Å². The predicted molar refractivity (Wildman–Crippen MR) is 89.1 cm³/mol. The second kappa shape index (κ2) is 19.1. The third-order valence-electron chi connectivity index (χ3n) is 2.59. The van der Waals surface area contributed by atoms with Gasteiger partial charge in [0.15, 0.2) is 0 Å². The van der Waals surface area contributed by atoms with Crippen LogP contribution in [-0.4, -0.2) is 0 Å². The Morgan fingerprint density at radius 1 is 0.833 bits per heavy atom. The largest absolute Gasteiger partial charge is 0.106 e. The smallest absolute Gasteiger partial charge is 0.0391 e. The summed E-state index contributed by atoms with van der Waals surface area (Å²) in [5.41, 5.74) is 0. The summed E-state index contributed by atoms with van der Waals surface area (Å²) in [4.78, 5) is 0. The van der Waals surface area contributed by atoms with Gasteiger partial charge >= 0.3 is 0 Å². The molecule has 1 aliphatic carbocycles. The van der Waals surface area contributed by atoms with Crippen LogP contribution in [0.3, 0.4) is 0 Å². The van der Waals surface area contributed by atoms with Crippen molar-refractivity contribution in [2.24, 2.45) is 17.8 Å². The van der Waals surface area contributed by atoms with E-state index in [0.717, 1.165) is 17.8 Å². The van der Waals surface area contributed by atoms with E-state index in [4.69, 9.17) is 0 Å². The van der Waals surface area contributed by atoms with Gasteiger partial charge < -0.3 is 0 Å². The number of hydrogen-bond acceptors (Lipinski definition) is 0. The molecular weight excluding hydrogens is 216 g/mol. The third kappa shape index (κ3) is 24.8. The summed E-state index contributed by atoms with van der Waals surface area (Å²) in [5, 5.41) is 0. The van der Waals surface area contributed by atoms with Crippen LogP contribution in [0.4, 0.5) is 0 Å². The summed E-state index contributed by atoms with van der Waals surface area (Å²) in [6, 6.07) is 0. The van der Waals surface area contributed by atoms with E-state index >= 15 is 0 Å². The lowest BCUT2D eigenvalue weighted by atomic mass is 9.82. The fraction of sp³-hybridized carbons (Fsp3) is 0.889. The van der Waals surface area contributed by atoms with Crippen molar-refractivity contribution in [3.8, 4) is 0 Å². The van der Waals surface area contributed by atoms with E-state index in [1.54, 1.807) is 0 Å². The molecule has 1 aliphatic rings. The first kappa shape index (κ1) is 22.9. The SMILES string of the molecule is C=C.CC(C)C.CC(C)C1CCCCC1.CCC. The van der Waals surface area contributed by atoms with Crippen LogP contribution in [0.15, 0.2) is 13.2 Å². The molecule has 0 aromatic heterocycles. The minimum Gasteiger partial charge on any atom is -0.106 e. The molecule has 0 nitrogen and oxygen atoms in total. The van der Waals surface area contributed by atoms with Crippen LogP contribution < -0.4 is 0 Å². The Morgan fingerprint density at radius 2 is 1.11 bits per heavy atom. The molecule has 0 N–H and O–H groups in total.